The van der Waals surface area contributed by atoms with E-state index in [9.17, 15) is 19.3 Å². The molecule has 3 rings (SSSR count). The van der Waals surface area contributed by atoms with E-state index in [-0.39, 0.29) is 16.5 Å². The Morgan fingerprint density at radius 3 is 2.43 bits per heavy atom. The van der Waals surface area contributed by atoms with Gasteiger partial charge in [-0.3, -0.25) is 20.2 Å². The molecule has 0 atom stereocenters. The van der Waals surface area contributed by atoms with Crippen LogP contribution in [0.15, 0.2) is 72.8 Å². The molecule has 9 heteroatoms. The Morgan fingerprint density at radius 1 is 1.07 bits per heavy atom. The average molecular weight is 425 g/mol. The van der Waals surface area contributed by atoms with Gasteiger partial charge < -0.3 is 10.1 Å². The summed E-state index contributed by atoms with van der Waals surface area (Å²) < 4.78 is 19.5. The third-order valence-corrected chi connectivity index (χ3v) is 4.20. The zero-order valence-electron chi connectivity index (χ0n) is 15.5. The number of ether oxygens (including phenoxy) is 1. The molecule has 0 aromatic heterocycles. The number of hydrogen-bond donors (Lipinski definition) is 2. The van der Waals surface area contributed by atoms with E-state index in [1.54, 1.807) is 24.3 Å². The number of nitrogens with one attached hydrogen (secondary N) is 2. The topological polar surface area (TPSA) is 93.5 Å². The largest absolute Gasteiger partial charge is 0.489 e. The van der Waals surface area contributed by atoms with Crippen LogP contribution in [0.5, 0.6) is 5.75 Å². The Balaban J connectivity index is 1.57. The van der Waals surface area contributed by atoms with Crippen LogP contribution in [0.1, 0.15) is 15.9 Å². The Hall–Kier alpha value is -3.85. The highest BCUT2D eigenvalue weighted by atomic mass is 32.1. The lowest BCUT2D eigenvalue weighted by Crippen LogP contribution is -2.34. The van der Waals surface area contributed by atoms with Crippen molar-refractivity contribution in [2.45, 2.75) is 6.61 Å². The smallest absolute Gasteiger partial charge is 0.271 e. The molecule has 152 valence electrons. The molecular formula is C21H16FN3O4S. The normalized spacial score (nSPS) is 10.2. The van der Waals surface area contributed by atoms with Crippen LogP contribution in [-0.4, -0.2) is 15.9 Å². The van der Waals surface area contributed by atoms with Gasteiger partial charge in [0.2, 0.25) is 0 Å². The van der Waals surface area contributed by atoms with Crippen LogP contribution in [0.2, 0.25) is 0 Å². The minimum atomic E-state index is -0.739. The van der Waals surface area contributed by atoms with Gasteiger partial charge in [-0.1, -0.05) is 30.3 Å². The Morgan fingerprint density at radius 2 is 1.77 bits per heavy atom. The molecule has 3 aromatic carbocycles. The quantitative estimate of drug-likeness (QED) is 0.345. The Bertz CT molecular complexity index is 1080. The van der Waals surface area contributed by atoms with Crippen molar-refractivity contribution in [3.8, 4) is 5.75 Å². The van der Waals surface area contributed by atoms with Crippen LogP contribution in [0.4, 0.5) is 15.8 Å². The predicted molar refractivity (Wildman–Crippen MR) is 114 cm³/mol. The molecule has 0 aliphatic rings. The van der Waals surface area contributed by atoms with Crippen molar-refractivity contribution in [1.82, 2.24) is 5.32 Å². The highest BCUT2D eigenvalue weighted by Gasteiger charge is 2.14. The number of carbonyl (C=O) groups is 1. The summed E-state index contributed by atoms with van der Waals surface area (Å²) in [7, 11) is 0. The van der Waals surface area contributed by atoms with Gasteiger partial charge >= 0.3 is 0 Å². The second kappa shape index (κ2) is 9.57. The number of rotatable bonds is 6. The molecule has 0 radical (unpaired) electrons. The molecule has 0 spiro atoms. The Labute approximate surface area is 176 Å². The van der Waals surface area contributed by atoms with Crippen LogP contribution in [0, 0.1) is 15.9 Å². The van der Waals surface area contributed by atoms with Crippen molar-refractivity contribution in [2.75, 3.05) is 5.32 Å². The lowest BCUT2D eigenvalue weighted by atomic mass is 10.2. The SMILES string of the molecule is O=C(NC(=S)Nc1cc([N+](=O)[O-])ccc1F)c1ccc(OCc2ccccc2)cc1. The highest BCUT2D eigenvalue weighted by Crippen LogP contribution is 2.21. The van der Waals surface area contributed by atoms with Gasteiger partial charge in [0, 0.05) is 17.7 Å². The average Bonchev–Trinajstić information content (AvgIpc) is 2.74. The third-order valence-electron chi connectivity index (χ3n) is 4.00. The van der Waals surface area contributed by atoms with E-state index in [0.29, 0.717) is 17.9 Å². The van der Waals surface area contributed by atoms with Crippen molar-refractivity contribution in [3.05, 3.63) is 99.9 Å². The fraction of sp³-hybridized carbons (Fsp3) is 0.0476. The molecule has 0 aliphatic heterocycles. The lowest BCUT2D eigenvalue weighted by Gasteiger charge is -2.11. The minimum absolute atomic E-state index is 0.191. The highest BCUT2D eigenvalue weighted by molar-refractivity contribution is 7.80. The molecule has 0 saturated heterocycles. The second-order valence-electron chi connectivity index (χ2n) is 6.13. The number of halogens is 1. The summed E-state index contributed by atoms with van der Waals surface area (Å²) in [6.07, 6.45) is 0. The summed E-state index contributed by atoms with van der Waals surface area (Å²) in [5.74, 6) is -0.667. The summed E-state index contributed by atoms with van der Waals surface area (Å²) >= 11 is 5.00. The number of hydrogen-bond acceptors (Lipinski definition) is 5. The number of nitro benzene ring substituents is 1. The van der Waals surface area contributed by atoms with Crippen molar-refractivity contribution < 1.29 is 18.8 Å². The van der Waals surface area contributed by atoms with E-state index in [4.69, 9.17) is 17.0 Å². The zero-order valence-corrected chi connectivity index (χ0v) is 16.3. The molecule has 0 bridgehead atoms. The summed E-state index contributed by atoms with van der Waals surface area (Å²) in [4.78, 5) is 22.5. The van der Waals surface area contributed by atoms with E-state index in [2.05, 4.69) is 10.6 Å². The van der Waals surface area contributed by atoms with E-state index in [1.165, 1.54) is 0 Å². The van der Waals surface area contributed by atoms with Crippen LogP contribution in [0.3, 0.4) is 0 Å². The zero-order chi connectivity index (χ0) is 21.5. The first-order chi connectivity index (χ1) is 14.4. The van der Waals surface area contributed by atoms with Crippen LogP contribution >= 0.6 is 12.2 Å². The molecule has 1 amide bonds. The van der Waals surface area contributed by atoms with Crippen molar-refractivity contribution >= 4 is 34.6 Å². The number of benzene rings is 3. The first-order valence-corrected chi connectivity index (χ1v) is 9.16. The van der Waals surface area contributed by atoms with Gasteiger partial charge in [0.25, 0.3) is 11.6 Å². The molecule has 7 nitrogen and oxygen atoms in total. The van der Waals surface area contributed by atoms with Crippen LogP contribution < -0.4 is 15.4 Å². The van der Waals surface area contributed by atoms with Crippen molar-refractivity contribution in [2.24, 2.45) is 0 Å². The molecule has 30 heavy (non-hydrogen) atoms. The fourth-order valence-corrected chi connectivity index (χ4v) is 2.70. The predicted octanol–water partition coefficient (Wildman–Crippen LogP) is 4.44. The van der Waals surface area contributed by atoms with Gasteiger partial charge in [-0.2, -0.15) is 0 Å². The van der Waals surface area contributed by atoms with E-state index >= 15 is 0 Å². The van der Waals surface area contributed by atoms with Gasteiger partial charge in [-0.05, 0) is 48.1 Å². The Kier molecular flexibility index (Phi) is 6.66. The number of nitro groups is 1. The second-order valence-corrected chi connectivity index (χ2v) is 6.54. The summed E-state index contributed by atoms with van der Waals surface area (Å²) in [6.45, 7) is 0.398. The number of non-ortho nitro benzene ring substituents is 1. The van der Waals surface area contributed by atoms with Gasteiger partial charge in [-0.15, -0.1) is 0 Å². The molecule has 0 aliphatic carbocycles. The lowest BCUT2D eigenvalue weighted by molar-refractivity contribution is -0.384. The molecule has 0 heterocycles. The van der Waals surface area contributed by atoms with Gasteiger partial charge in [0.05, 0.1) is 10.6 Å². The van der Waals surface area contributed by atoms with Gasteiger partial charge in [0.15, 0.2) is 5.11 Å². The summed E-state index contributed by atoms with van der Waals surface area (Å²) in [5, 5.41) is 15.5. The standard InChI is InChI=1S/C21H16FN3O4S/c22-18-11-8-16(25(27)28)12-19(18)23-21(30)24-20(26)15-6-9-17(10-7-15)29-13-14-4-2-1-3-5-14/h1-12H,13H2,(H2,23,24,26,30). The summed E-state index contributed by atoms with van der Waals surface area (Å²) in [6, 6.07) is 19.0. The molecular weight excluding hydrogens is 409 g/mol. The van der Waals surface area contributed by atoms with Crippen molar-refractivity contribution in [3.63, 3.8) is 0 Å². The maximum atomic E-state index is 13.8. The maximum absolute atomic E-state index is 13.8. The summed E-state index contributed by atoms with van der Waals surface area (Å²) in [5.41, 5.74) is 0.813. The molecule has 0 fully saturated rings. The fourth-order valence-electron chi connectivity index (χ4n) is 2.49. The monoisotopic (exact) mass is 425 g/mol. The maximum Gasteiger partial charge on any atom is 0.271 e. The minimum Gasteiger partial charge on any atom is -0.489 e. The van der Waals surface area contributed by atoms with E-state index in [0.717, 1.165) is 23.8 Å². The number of nitrogens with zero attached hydrogens (tertiary/aromatic N) is 1. The number of amides is 1. The third kappa shape index (κ3) is 5.58. The molecule has 2 N–H and O–H groups in total. The molecule has 3 aromatic rings. The number of anilines is 1. The van der Waals surface area contributed by atoms with Crippen molar-refractivity contribution in [1.29, 1.82) is 0 Å². The molecule has 0 unspecified atom stereocenters. The van der Waals surface area contributed by atoms with E-state index in [1.807, 2.05) is 30.3 Å². The van der Waals surface area contributed by atoms with Gasteiger partial charge in [-0.25, -0.2) is 4.39 Å². The van der Waals surface area contributed by atoms with Gasteiger partial charge in [0.1, 0.15) is 18.2 Å². The van der Waals surface area contributed by atoms with Crippen LogP contribution in [0.25, 0.3) is 0 Å². The number of thiocarbonyl (C=S) groups is 1. The van der Waals surface area contributed by atoms with E-state index < -0.39 is 16.6 Å². The molecule has 0 saturated carbocycles. The first kappa shape index (κ1) is 20.9. The first-order valence-electron chi connectivity index (χ1n) is 8.75. The number of carbonyl (C=O) groups excluding carboxylic acids is 1. The van der Waals surface area contributed by atoms with Crippen LogP contribution in [-0.2, 0) is 6.61 Å².